The molecule has 0 spiro atoms. The number of aryl methyl sites for hydroxylation is 3. The second-order valence-electron chi connectivity index (χ2n) is 6.51. The molecule has 0 radical (unpaired) electrons. The number of rotatable bonds is 7. The van der Waals surface area contributed by atoms with Crippen molar-refractivity contribution in [1.29, 1.82) is 0 Å². The summed E-state index contributed by atoms with van der Waals surface area (Å²) in [6, 6.07) is 14.2. The van der Waals surface area contributed by atoms with Crippen LogP contribution < -0.4 is 10.1 Å². The summed E-state index contributed by atoms with van der Waals surface area (Å²) in [5.74, 6) is 0.936. The molecule has 0 saturated carbocycles. The maximum absolute atomic E-state index is 12.0. The molecule has 2 aromatic carbocycles. The molecule has 3 heteroatoms. The maximum Gasteiger partial charge on any atom is 0.220 e. The number of benzene rings is 2. The summed E-state index contributed by atoms with van der Waals surface area (Å²) in [5, 5.41) is 2.98. The molecule has 0 aliphatic heterocycles. The lowest BCUT2D eigenvalue weighted by Gasteiger charge is -2.10. The third kappa shape index (κ3) is 5.73. The summed E-state index contributed by atoms with van der Waals surface area (Å²) in [4.78, 5) is 12.0. The van der Waals surface area contributed by atoms with Gasteiger partial charge in [-0.05, 0) is 68.5 Å². The van der Waals surface area contributed by atoms with Crippen LogP contribution in [0.15, 0.2) is 42.5 Å². The summed E-state index contributed by atoms with van der Waals surface area (Å²) in [6.45, 7) is 8.76. The lowest BCUT2D eigenvalue weighted by molar-refractivity contribution is -0.121. The van der Waals surface area contributed by atoms with Gasteiger partial charge in [0.25, 0.3) is 0 Å². The molecule has 0 atom stereocenters. The molecule has 0 aliphatic rings. The van der Waals surface area contributed by atoms with Gasteiger partial charge in [0.2, 0.25) is 5.91 Å². The van der Waals surface area contributed by atoms with Crippen molar-refractivity contribution in [3.8, 4) is 5.75 Å². The van der Waals surface area contributed by atoms with Crippen molar-refractivity contribution in [2.75, 3.05) is 0 Å². The van der Waals surface area contributed by atoms with E-state index in [0.717, 1.165) is 17.7 Å². The zero-order valence-corrected chi connectivity index (χ0v) is 15.1. The van der Waals surface area contributed by atoms with Gasteiger partial charge in [0, 0.05) is 13.0 Å². The Hall–Kier alpha value is -2.29. The van der Waals surface area contributed by atoms with E-state index in [1.807, 2.05) is 38.1 Å². The fourth-order valence-corrected chi connectivity index (χ4v) is 2.46. The largest absolute Gasteiger partial charge is 0.491 e. The molecule has 0 aromatic heterocycles. The lowest BCUT2D eigenvalue weighted by atomic mass is 10.0. The average Bonchev–Trinajstić information content (AvgIpc) is 2.55. The van der Waals surface area contributed by atoms with E-state index >= 15 is 0 Å². The minimum Gasteiger partial charge on any atom is -0.491 e. The first-order valence-corrected chi connectivity index (χ1v) is 8.52. The number of ether oxygens (including phenoxy) is 1. The van der Waals surface area contributed by atoms with E-state index < -0.39 is 0 Å². The molecule has 0 unspecified atom stereocenters. The number of carbonyl (C=O) groups excluding carboxylic acids is 1. The summed E-state index contributed by atoms with van der Waals surface area (Å²) in [7, 11) is 0. The quantitative estimate of drug-likeness (QED) is 0.822. The highest BCUT2D eigenvalue weighted by Gasteiger charge is 2.04. The summed E-state index contributed by atoms with van der Waals surface area (Å²) >= 11 is 0. The highest BCUT2D eigenvalue weighted by atomic mass is 16.5. The number of nitrogens with one attached hydrogen (secondary N) is 1. The number of carbonyl (C=O) groups is 1. The van der Waals surface area contributed by atoms with Crippen LogP contribution in [-0.4, -0.2) is 12.0 Å². The number of hydrogen-bond donors (Lipinski definition) is 1. The van der Waals surface area contributed by atoms with E-state index in [9.17, 15) is 4.79 Å². The molecule has 0 heterocycles. The van der Waals surface area contributed by atoms with Crippen LogP contribution in [0.2, 0.25) is 0 Å². The Balaban J connectivity index is 1.77. The van der Waals surface area contributed by atoms with Gasteiger partial charge in [-0.3, -0.25) is 4.79 Å². The van der Waals surface area contributed by atoms with Crippen molar-refractivity contribution < 1.29 is 9.53 Å². The van der Waals surface area contributed by atoms with Crippen molar-refractivity contribution in [3.05, 3.63) is 64.7 Å². The zero-order valence-electron chi connectivity index (χ0n) is 15.1. The van der Waals surface area contributed by atoms with Crippen molar-refractivity contribution in [3.63, 3.8) is 0 Å². The SMILES string of the molecule is Cc1ccc(CCC(=O)NCc2ccc(OC(C)C)cc2)cc1C. The molecule has 1 N–H and O–H groups in total. The first-order chi connectivity index (χ1) is 11.4. The van der Waals surface area contributed by atoms with E-state index in [0.29, 0.717) is 13.0 Å². The van der Waals surface area contributed by atoms with E-state index in [4.69, 9.17) is 4.74 Å². The highest BCUT2D eigenvalue weighted by molar-refractivity contribution is 5.76. The van der Waals surface area contributed by atoms with E-state index in [1.165, 1.54) is 16.7 Å². The molecule has 2 rings (SSSR count). The minimum absolute atomic E-state index is 0.0794. The molecule has 0 saturated heterocycles. The third-order valence-corrected chi connectivity index (χ3v) is 4.00. The zero-order chi connectivity index (χ0) is 17.5. The molecule has 3 nitrogen and oxygen atoms in total. The Kier molecular flexibility index (Phi) is 6.42. The minimum atomic E-state index is 0.0794. The molecule has 0 aliphatic carbocycles. The van der Waals surface area contributed by atoms with Gasteiger partial charge < -0.3 is 10.1 Å². The summed E-state index contributed by atoms with van der Waals surface area (Å²) in [5.41, 5.74) is 4.85. The Morgan fingerprint density at radius 1 is 1.00 bits per heavy atom. The Labute approximate surface area is 145 Å². The summed E-state index contributed by atoms with van der Waals surface area (Å²) in [6.07, 6.45) is 1.45. The standard InChI is InChI=1S/C21H27NO2/c1-15(2)24-20-10-7-19(8-11-20)14-22-21(23)12-9-18-6-5-16(3)17(4)13-18/h5-8,10-11,13,15H,9,12,14H2,1-4H3,(H,22,23). The predicted molar refractivity (Wildman–Crippen MR) is 98.3 cm³/mol. The van der Waals surface area contributed by atoms with Gasteiger partial charge >= 0.3 is 0 Å². The molecular formula is C21H27NO2. The van der Waals surface area contributed by atoms with E-state index in [1.54, 1.807) is 0 Å². The van der Waals surface area contributed by atoms with Crippen LogP contribution in [0, 0.1) is 13.8 Å². The molecule has 128 valence electrons. The van der Waals surface area contributed by atoms with Crippen LogP contribution >= 0.6 is 0 Å². The Bertz CT molecular complexity index is 675. The average molecular weight is 325 g/mol. The lowest BCUT2D eigenvalue weighted by Crippen LogP contribution is -2.23. The van der Waals surface area contributed by atoms with Gasteiger partial charge in [-0.25, -0.2) is 0 Å². The summed E-state index contributed by atoms with van der Waals surface area (Å²) < 4.78 is 5.61. The van der Waals surface area contributed by atoms with Crippen LogP contribution in [0.1, 0.15) is 42.5 Å². The van der Waals surface area contributed by atoms with Crippen LogP contribution in [0.25, 0.3) is 0 Å². The number of amides is 1. The van der Waals surface area contributed by atoms with Crippen LogP contribution in [0.4, 0.5) is 0 Å². The predicted octanol–water partition coefficient (Wildman–Crippen LogP) is 4.34. The van der Waals surface area contributed by atoms with Crippen LogP contribution in [-0.2, 0) is 17.8 Å². The first-order valence-electron chi connectivity index (χ1n) is 8.52. The normalized spacial score (nSPS) is 10.7. The van der Waals surface area contributed by atoms with Gasteiger partial charge in [-0.1, -0.05) is 30.3 Å². The Morgan fingerprint density at radius 3 is 2.29 bits per heavy atom. The highest BCUT2D eigenvalue weighted by Crippen LogP contribution is 2.14. The topological polar surface area (TPSA) is 38.3 Å². The van der Waals surface area contributed by atoms with Gasteiger partial charge in [0.1, 0.15) is 5.75 Å². The van der Waals surface area contributed by atoms with Crippen LogP contribution in [0.5, 0.6) is 5.75 Å². The molecule has 0 bridgehead atoms. The fourth-order valence-electron chi connectivity index (χ4n) is 2.46. The van der Waals surface area contributed by atoms with E-state index in [-0.39, 0.29) is 12.0 Å². The first kappa shape index (κ1) is 18.1. The molecule has 2 aromatic rings. The Morgan fingerprint density at radius 2 is 1.67 bits per heavy atom. The van der Waals surface area contributed by atoms with E-state index in [2.05, 4.69) is 37.4 Å². The second kappa shape index (κ2) is 8.53. The van der Waals surface area contributed by atoms with Gasteiger partial charge in [0.15, 0.2) is 0 Å². The molecule has 24 heavy (non-hydrogen) atoms. The van der Waals surface area contributed by atoms with Crippen molar-refractivity contribution in [2.24, 2.45) is 0 Å². The molecule has 1 amide bonds. The van der Waals surface area contributed by atoms with Crippen molar-refractivity contribution in [2.45, 2.75) is 53.2 Å². The maximum atomic E-state index is 12.0. The smallest absolute Gasteiger partial charge is 0.220 e. The number of hydrogen-bond acceptors (Lipinski definition) is 2. The van der Waals surface area contributed by atoms with Crippen LogP contribution in [0.3, 0.4) is 0 Å². The van der Waals surface area contributed by atoms with Crippen molar-refractivity contribution >= 4 is 5.91 Å². The fraction of sp³-hybridized carbons (Fsp3) is 0.381. The third-order valence-electron chi connectivity index (χ3n) is 4.00. The monoisotopic (exact) mass is 325 g/mol. The van der Waals surface area contributed by atoms with Gasteiger partial charge in [0.05, 0.1) is 6.10 Å². The molecule has 0 fully saturated rings. The second-order valence-corrected chi connectivity index (χ2v) is 6.51. The van der Waals surface area contributed by atoms with Gasteiger partial charge in [-0.2, -0.15) is 0 Å². The molecular weight excluding hydrogens is 298 g/mol. The van der Waals surface area contributed by atoms with Crippen molar-refractivity contribution in [1.82, 2.24) is 5.32 Å². The van der Waals surface area contributed by atoms with Gasteiger partial charge in [-0.15, -0.1) is 0 Å².